The second-order valence-electron chi connectivity index (χ2n) is 5.26. The van der Waals surface area contributed by atoms with Gasteiger partial charge < -0.3 is 15.8 Å². The molecule has 2 aromatic rings. The van der Waals surface area contributed by atoms with E-state index in [1.54, 1.807) is 13.8 Å². The van der Waals surface area contributed by atoms with Crippen molar-refractivity contribution in [2.45, 2.75) is 25.8 Å². The molecule has 7 nitrogen and oxygen atoms in total. The average molecular weight is 277 g/mol. The molecule has 4 N–H and O–H groups in total. The monoisotopic (exact) mass is 277 g/mol. The predicted molar refractivity (Wildman–Crippen MR) is 72.7 cm³/mol. The van der Waals surface area contributed by atoms with E-state index in [-0.39, 0.29) is 12.0 Å². The zero-order chi connectivity index (χ0) is 15.1. The molecule has 0 aliphatic carbocycles. The molecule has 0 aliphatic heterocycles. The van der Waals surface area contributed by atoms with Crippen molar-refractivity contribution in [2.24, 2.45) is 5.73 Å². The fourth-order valence-electron chi connectivity index (χ4n) is 2.34. The van der Waals surface area contributed by atoms with Crippen LogP contribution in [0.15, 0.2) is 23.0 Å². The molecular weight excluding hydrogens is 262 g/mol. The molecule has 1 amide bonds. The number of carbonyl (C=O) groups is 2. The first kappa shape index (κ1) is 13.9. The molecule has 1 aromatic carbocycles. The van der Waals surface area contributed by atoms with Crippen molar-refractivity contribution in [3.8, 4) is 0 Å². The maximum atomic E-state index is 12.1. The van der Waals surface area contributed by atoms with Crippen LogP contribution >= 0.6 is 0 Å². The summed E-state index contributed by atoms with van der Waals surface area (Å²) in [6, 6.07) is 4.33. The Morgan fingerprint density at radius 1 is 1.40 bits per heavy atom. The van der Waals surface area contributed by atoms with E-state index >= 15 is 0 Å². The number of benzene rings is 1. The number of aromatic amines is 1. The second kappa shape index (κ2) is 4.52. The van der Waals surface area contributed by atoms with Crippen molar-refractivity contribution in [3.05, 3.63) is 34.2 Å². The van der Waals surface area contributed by atoms with Gasteiger partial charge in [0.1, 0.15) is 0 Å². The molecule has 0 saturated carbocycles. The van der Waals surface area contributed by atoms with Gasteiger partial charge in [-0.2, -0.15) is 0 Å². The number of fused-ring (bicyclic) bond motifs is 1. The highest BCUT2D eigenvalue weighted by Crippen LogP contribution is 2.23. The highest BCUT2D eigenvalue weighted by atomic mass is 16.4. The number of hydrogen-bond donors (Lipinski definition) is 3. The van der Waals surface area contributed by atoms with Crippen molar-refractivity contribution < 1.29 is 14.7 Å². The number of amides is 1. The summed E-state index contributed by atoms with van der Waals surface area (Å²) in [5.41, 5.74) is 4.95. The third kappa shape index (κ3) is 2.29. The summed E-state index contributed by atoms with van der Waals surface area (Å²) in [5.74, 6) is -1.62. The van der Waals surface area contributed by atoms with Gasteiger partial charge in [-0.05, 0) is 32.0 Å². The Labute approximate surface area is 114 Å². The Bertz CT molecular complexity index is 755. The van der Waals surface area contributed by atoms with Gasteiger partial charge in [-0.1, -0.05) is 0 Å². The molecule has 0 fully saturated rings. The fourth-order valence-corrected chi connectivity index (χ4v) is 2.34. The number of primary amides is 1. The molecule has 20 heavy (non-hydrogen) atoms. The number of imidazole rings is 1. The summed E-state index contributed by atoms with van der Waals surface area (Å²) >= 11 is 0. The SMILES string of the molecule is CC(C)(CC(N)=O)n1c(=O)[nH]c2ccc(C(=O)O)cc21. The first-order valence-electron chi connectivity index (χ1n) is 5.99. The number of nitrogens with one attached hydrogen (secondary N) is 1. The number of rotatable bonds is 4. The van der Waals surface area contributed by atoms with Crippen LogP contribution in [0.3, 0.4) is 0 Å². The van der Waals surface area contributed by atoms with Crippen LogP contribution in [-0.4, -0.2) is 26.5 Å². The Morgan fingerprint density at radius 3 is 2.60 bits per heavy atom. The summed E-state index contributed by atoms with van der Waals surface area (Å²) in [6.45, 7) is 3.39. The van der Waals surface area contributed by atoms with E-state index in [0.29, 0.717) is 11.0 Å². The minimum Gasteiger partial charge on any atom is -0.478 e. The number of aromatic nitrogens is 2. The standard InChI is InChI=1S/C13H15N3O4/c1-13(2,6-10(14)17)16-9-5-7(11(18)19)3-4-8(9)15-12(16)20/h3-5H,6H2,1-2H3,(H2,14,17)(H,15,20)(H,18,19). The lowest BCUT2D eigenvalue weighted by Crippen LogP contribution is -2.38. The van der Waals surface area contributed by atoms with Gasteiger partial charge in [-0.25, -0.2) is 9.59 Å². The van der Waals surface area contributed by atoms with Gasteiger partial charge >= 0.3 is 11.7 Å². The van der Waals surface area contributed by atoms with Gasteiger partial charge in [0.15, 0.2) is 0 Å². The first-order chi connectivity index (χ1) is 9.22. The Kier molecular flexibility index (Phi) is 3.13. The molecule has 0 atom stereocenters. The normalized spacial score (nSPS) is 11.7. The average Bonchev–Trinajstić information content (AvgIpc) is 2.62. The topological polar surface area (TPSA) is 118 Å². The zero-order valence-electron chi connectivity index (χ0n) is 11.1. The van der Waals surface area contributed by atoms with E-state index in [9.17, 15) is 14.4 Å². The van der Waals surface area contributed by atoms with E-state index in [2.05, 4.69) is 4.98 Å². The van der Waals surface area contributed by atoms with Crippen LogP contribution in [0.1, 0.15) is 30.6 Å². The number of aromatic carboxylic acids is 1. The van der Waals surface area contributed by atoms with Gasteiger partial charge in [0, 0.05) is 6.42 Å². The predicted octanol–water partition coefficient (Wildman–Crippen LogP) is 0.638. The van der Waals surface area contributed by atoms with Crippen LogP contribution in [0.4, 0.5) is 0 Å². The molecule has 106 valence electrons. The molecule has 0 radical (unpaired) electrons. The molecule has 0 aliphatic rings. The maximum Gasteiger partial charge on any atom is 0.335 e. The number of nitrogens with two attached hydrogens (primary N) is 1. The van der Waals surface area contributed by atoms with E-state index in [1.807, 2.05) is 0 Å². The highest BCUT2D eigenvalue weighted by molar-refractivity contribution is 5.92. The molecule has 0 saturated heterocycles. The van der Waals surface area contributed by atoms with Crippen molar-refractivity contribution in [2.75, 3.05) is 0 Å². The van der Waals surface area contributed by atoms with E-state index in [1.165, 1.54) is 22.8 Å². The molecule has 1 aromatic heterocycles. The second-order valence-corrected chi connectivity index (χ2v) is 5.26. The number of nitrogens with zero attached hydrogens (tertiary/aromatic N) is 1. The quantitative estimate of drug-likeness (QED) is 0.759. The minimum atomic E-state index is -1.08. The molecular formula is C13H15N3O4. The van der Waals surface area contributed by atoms with Crippen LogP contribution in [0.2, 0.25) is 0 Å². The lowest BCUT2D eigenvalue weighted by Gasteiger charge is -2.25. The number of H-pyrrole nitrogens is 1. The number of hydrogen-bond acceptors (Lipinski definition) is 3. The van der Waals surface area contributed by atoms with Gasteiger partial charge in [-0.15, -0.1) is 0 Å². The van der Waals surface area contributed by atoms with E-state index in [4.69, 9.17) is 10.8 Å². The summed E-state index contributed by atoms with van der Waals surface area (Å²) in [7, 11) is 0. The molecule has 2 rings (SSSR count). The molecule has 1 heterocycles. The van der Waals surface area contributed by atoms with Crippen molar-refractivity contribution in [1.29, 1.82) is 0 Å². The third-order valence-electron chi connectivity index (χ3n) is 3.14. The fraction of sp³-hybridized carbons (Fsp3) is 0.308. The third-order valence-corrected chi connectivity index (χ3v) is 3.14. The lowest BCUT2D eigenvalue weighted by molar-refractivity contribution is -0.119. The van der Waals surface area contributed by atoms with Crippen molar-refractivity contribution >= 4 is 22.9 Å². The summed E-state index contributed by atoms with van der Waals surface area (Å²) in [4.78, 5) is 36.8. The minimum absolute atomic E-state index is 0.0306. The molecule has 0 unspecified atom stereocenters. The van der Waals surface area contributed by atoms with Gasteiger partial charge in [-0.3, -0.25) is 9.36 Å². The molecule has 0 spiro atoms. The Balaban J connectivity index is 2.71. The van der Waals surface area contributed by atoms with Gasteiger partial charge in [0.25, 0.3) is 0 Å². The zero-order valence-corrected chi connectivity index (χ0v) is 11.1. The van der Waals surface area contributed by atoms with Crippen LogP contribution in [0.25, 0.3) is 11.0 Å². The largest absolute Gasteiger partial charge is 0.478 e. The number of carbonyl (C=O) groups excluding carboxylic acids is 1. The van der Waals surface area contributed by atoms with E-state index < -0.39 is 23.1 Å². The number of carboxylic acids is 1. The number of carboxylic acid groups (broad SMARTS) is 1. The summed E-state index contributed by atoms with van der Waals surface area (Å²) in [5, 5.41) is 9.02. The Hall–Kier alpha value is -2.57. The first-order valence-corrected chi connectivity index (χ1v) is 5.99. The van der Waals surface area contributed by atoms with Gasteiger partial charge in [0.2, 0.25) is 5.91 Å². The van der Waals surface area contributed by atoms with Crippen LogP contribution < -0.4 is 11.4 Å². The molecule has 7 heteroatoms. The van der Waals surface area contributed by atoms with Crippen LogP contribution in [0, 0.1) is 0 Å². The summed E-state index contributed by atoms with van der Waals surface area (Å²) < 4.78 is 1.36. The van der Waals surface area contributed by atoms with Crippen molar-refractivity contribution in [1.82, 2.24) is 9.55 Å². The molecule has 0 bridgehead atoms. The summed E-state index contributed by atoms with van der Waals surface area (Å²) in [6.07, 6.45) is -0.0306. The van der Waals surface area contributed by atoms with Gasteiger partial charge in [0.05, 0.1) is 22.1 Å². The lowest BCUT2D eigenvalue weighted by atomic mass is 9.99. The maximum absolute atomic E-state index is 12.1. The van der Waals surface area contributed by atoms with Crippen LogP contribution in [-0.2, 0) is 10.3 Å². The van der Waals surface area contributed by atoms with E-state index in [0.717, 1.165) is 0 Å². The van der Waals surface area contributed by atoms with Crippen molar-refractivity contribution in [3.63, 3.8) is 0 Å². The highest BCUT2D eigenvalue weighted by Gasteiger charge is 2.27. The van der Waals surface area contributed by atoms with Crippen LogP contribution in [0.5, 0.6) is 0 Å². The smallest absolute Gasteiger partial charge is 0.335 e. The Morgan fingerprint density at radius 2 is 2.05 bits per heavy atom.